The highest BCUT2D eigenvalue weighted by Crippen LogP contribution is 1.97. The lowest BCUT2D eigenvalue weighted by atomic mass is 10.4. The maximum Gasteiger partial charge on any atom is 0.317 e. The summed E-state index contributed by atoms with van der Waals surface area (Å²) >= 11 is 2.88. The number of hydrogen-bond acceptors (Lipinski definition) is 6. The minimum absolute atomic E-state index is 0.0195. The first-order valence-corrected chi connectivity index (χ1v) is 4.72. The highest BCUT2D eigenvalue weighted by Gasteiger charge is 2.14. The second-order valence-corrected chi connectivity index (χ2v) is 2.67. The Labute approximate surface area is 88.6 Å². The number of halogens is 1. The Morgan fingerprint density at radius 1 is 1.21 bits per heavy atom. The molecule has 0 amide bonds. The van der Waals surface area contributed by atoms with E-state index in [-0.39, 0.29) is 31.5 Å². The zero-order chi connectivity index (χ0) is 10.8. The van der Waals surface area contributed by atoms with E-state index in [1.165, 1.54) is 0 Å². The molecule has 0 aromatic rings. The molecule has 0 aromatic heterocycles. The maximum absolute atomic E-state index is 10.8. The van der Waals surface area contributed by atoms with Gasteiger partial charge in [0, 0.05) is 0 Å². The van der Waals surface area contributed by atoms with Crippen LogP contribution >= 0.6 is 15.9 Å². The summed E-state index contributed by atoms with van der Waals surface area (Å²) in [5, 5.41) is 0.0195. The van der Waals surface area contributed by atoms with E-state index in [4.69, 9.17) is 4.74 Å². The first kappa shape index (κ1) is 12.9. The smallest absolute Gasteiger partial charge is 0.317 e. The van der Waals surface area contributed by atoms with Crippen LogP contribution in [0.15, 0.2) is 0 Å². The average molecular weight is 269 g/mol. The van der Waals surface area contributed by atoms with Crippen molar-refractivity contribution in [2.45, 2.75) is 6.10 Å². The highest BCUT2D eigenvalue weighted by atomic mass is 79.9. The largest absolute Gasteiger partial charge is 0.464 e. The van der Waals surface area contributed by atoms with E-state index in [1.807, 2.05) is 0 Å². The molecule has 80 valence electrons. The van der Waals surface area contributed by atoms with Crippen molar-refractivity contribution in [3.8, 4) is 0 Å². The van der Waals surface area contributed by atoms with Gasteiger partial charge in [-0.05, 0) is 0 Å². The molecule has 0 heterocycles. The fourth-order valence-electron chi connectivity index (χ4n) is 0.627. The number of hydrogen-bond donors (Lipinski definition) is 0. The molecule has 0 aliphatic rings. The van der Waals surface area contributed by atoms with Crippen LogP contribution in [0.25, 0.3) is 0 Å². The molecular formula is C7H9BrO6. The maximum atomic E-state index is 10.8. The molecule has 0 N–H and O–H groups in total. The van der Waals surface area contributed by atoms with Gasteiger partial charge in [0.1, 0.15) is 18.5 Å². The Bertz CT molecular complexity index is 183. The minimum Gasteiger partial charge on any atom is -0.464 e. The number of ether oxygens (including phenoxy) is 3. The zero-order valence-electron chi connectivity index (χ0n) is 7.18. The van der Waals surface area contributed by atoms with Crippen molar-refractivity contribution >= 4 is 34.8 Å². The van der Waals surface area contributed by atoms with Gasteiger partial charge in [0.05, 0.1) is 0 Å². The van der Waals surface area contributed by atoms with Crippen molar-refractivity contribution in [2.24, 2.45) is 0 Å². The lowest BCUT2D eigenvalue weighted by Gasteiger charge is -2.14. The van der Waals surface area contributed by atoms with E-state index in [0.717, 1.165) is 0 Å². The molecule has 0 aromatic carbocycles. The van der Waals surface area contributed by atoms with Gasteiger partial charge in [0.25, 0.3) is 12.9 Å². The summed E-state index contributed by atoms with van der Waals surface area (Å²) in [6.07, 6.45) is -0.768. The van der Waals surface area contributed by atoms with Crippen LogP contribution in [0, 0.1) is 0 Å². The van der Waals surface area contributed by atoms with Crippen LogP contribution in [0.4, 0.5) is 0 Å². The standard InChI is InChI=1S/C7H9BrO6/c8-1-7(11)14-6(2-12-4-9)3-13-5-10/h4-6H,1-3H2. The summed E-state index contributed by atoms with van der Waals surface area (Å²) < 4.78 is 13.5. The predicted molar refractivity (Wildman–Crippen MR) is 47.7 cm³/mol. The predicted octanol–water partition coefficient (Wildman–Crippen LogP) is -0.361. The molecule has 0 rings (SSSR count). The van der Waals surface area contributed by atoms with Gasteiger partial charge in [-0.1, -0.05) is 15.9 Å². The zero-order valence-corrected chi connectivity index (χ0v) is 8.77. The van der Waals surface area contributed by atoms with Crippen LogP contribution in [-0.2, 0) is 28.6 Å². The van der Waals surface area contributed by atoms with E-state index in [0.29, 0.717) is 0 Å². The summed E-state index contributed by atoms with van der Waals surface area (Å²) in [5.74, 6) is -0.529. The monoisotopic (exact) mass is 268 g/mol. The molecule has 0 aliphatic heterocycles. The number of rotatable bonds is 8. The third-order valence-electron chi connectivity index (χ3n) is 1.11. The van der Waals surface area contributed by atoms with Gasteiger partial charge in [0.15, 0.2) is 6.10 Å². The van der Waals surface area contributed by atoms with Crippen LogP contribution in [0.3, 0.4) is 0 Å². The molecule has 0 spiro atoms. The summed E-state index contributed by atoms with van der Waals surface area (Å²) in [5.41, 5.74) is 0. The quantitative estimate of drug-likeness (QED) is 0.259. The van der Waals surface area contributed by atoms with Crippen molar-refractivity contribution in [3.05, 3.63) is 0 Å². The molecule has 0 fully saturated rings. The second kappa shape index (κ2) is 8.49. The number of alkyl halides is 1. The molecule has 0 saturated carbocycles. The van der Waals surface area contributed by atoms with Gasteiger partial charge < -0.3 is 14.2 Å². The molecule has 6 nitrogen and oxygen atoms in total. The summed E-state index contributed by atoms with van der Waals surface area (Å²) in [4.78, 5) is 30.5. The van der Waals surface area contributed by atoms with Gasteiger partial charge in [-0.2, -0.15) is 0 Å². The van der Waals surface area contributed by atoms with Crippen LogP contribution in [0.5, 0.6) is 0 Å². The molecule has 14 heavy (non-hydrogen) atoms. The van der Waals surface area contributed by atoms with E-state index >= 15 is 0 Å². The molecular weight excluding hydrogens is 260 g/mol. The number of carbonyl (C=O) groups excluding carboxylic acids is 3. The Morgan fingerprint density at radius 2 is 1.71 bits per heavy atom. The van der Waals surface area contributed by atoms with E-state index < -0.39 is 12.1 Å². The second-order valence-electron chi connectivity index (χ2n) is 2.10. The van der Waals surface area contributed by atoms with E-state index in [1.54, 1.807) is 0 Å². The van der Waals surface area contributed by atoms with Gasteiger partial charge in [-0.3, -0.25) is 14.4 Å². The first-order chi connectivity index (χ1) is 6.74. The lowest BCUT2D eigenvalue weighted by molar-refractivity contribution is -0.157. The van der Waals surface area contributed by atoms with Crippen LogP contribution < -0.4 is 0 Å². The third-order valence-corrected chi connectivity index (χ3v) is 1.57. The molecule has 0 bridgehead atoms. The Hall–Kier alpha value is -1.11. The minimum atomic E-state index is -0.768. The molecule has 0 radical (unpaired) electrons. The fraction of sp³-hybridized carbons (Fsp3) is 0.571. The fourth-order valence-corrected chi connectivity index (χ4v) is 0.759. The third kappa shape index (κ3) is 6.41. The molecule has 7 heteroatoms. The summed E-state index contributed by atoms with van der Waals surface area (Å²) in [6.45, 7) is 0.151. The highest BCUT2D eigenvalue weighted by molar-refractivity contribution is 9.09. The molecule has 0 unspecified atom stereocenters. The summed E-state index contributed by atoms with van der Waals surface area (Å²) in [6, 6.07) is 0. The molecule has 0 atom stereocenters. The van der Waals surface area contributed by atoms with Crippen LogP contribution in [0.2, 0.25) is 0 Å². The van der Waals surface area contributed by atoms with Crippen LogP contribution in [-0.4, -0.2) is 43.6 Å². The van der Waals surface area contributed by atoms with E-state index in [2.05, 4.69) is 25.4 Å². The molecule has 0 aliphatic carbocycles. The van der Waals surface area contributed by atoms with Gasteiger partial charge in [-0.25, -0.2) is 0 Å². The van der Waals surface area contributed by atoms with Crippen molar-refractivity contribution in [1.82, 2.24) is 0 Å². The normalized spacial score (nSPS) is 9.29. The van der Waals surface area contributed by atoms with Gasteiger partial charge in [0.2, 0.25) is 0 Å². The van der Waals surface area contributed by atoms with Gasteiger partial charge >= 0.3 is 5.97 Å². The Balaban J connectivity index is 3.88. The SMILES string of the molecule is O=COCC(COC=O)OC(=O)CBr. The van der Waals surface area contributed by atoms with E-state index in [9.17, 15) is 14.4 Å². The Kier molecular flexibility index (Phi) is 7.81. The number of esters is 1. The van der Waals surface area contributed by atoms with Crippen molar-refractivity contribution in [1.29, 1.82) is 0 Å². The number of carbonyl (C=O) groups is 3. The topological polar surface area (TPSA) is 78.9 Å². The Morgan fingerprint density at radius 3 is 2.07 bits per heavy atom. The summed E-state index contributed by atoms with van der Waals surface area (Å²) in [7, 11) is 0. The van der Waals surface area contributed by atoms with Crippen molar-refractivity contribution in [3.63, 3.8) is 0 Å². The average Bonchev–Trinajstić information content (AvgIpc) is 2.21. The lowest BCUT2D eigenvalue weighted by Crippen LogP contribution is -2.28. The first-order valence-electron chi connectivity index (χ1n) is 3.60. The van der Waals surface area contributed by atoms with Crippen molar-refractivity contribution in [2.75, 3.05) is 18.5 Å². The van der Waals surface area contributed by atoms with Gasteiger partial charge in [-0.15, -0.1) is 0 Å². The van der Waals surface area contributed by atoms with Crippen LogP contribution in [0.1, 0.15) is 0 Å². The molecule has 0 saturated heterocycles. The van der Waals surface area contributed by atoms with Crippen molar-refractivity contribution < 1.29 is 28.6 Å².